The number of hydrogen-bond acceptors (Lipinski definition) is 3. The summed E-state index contributed by atoms with van der Waals surface area (Å²) in [6, 6.07) is 26.2. The Morgan fingerprint density at radius 2 is 1.42 bits per heavy atom. The van der Waals surface area contributed by atoms with Crippen LogP contribution in [-0.2, 0) is 23.0 Å². The predicted octanol–water partition coefficient (Wildman–Crippen LogP) is 4.40. The molecule has 31 heavy (non-hydrogen) atoms. The van der Waals surface area contributed by atoms with Crippen molar-refractivity contribution < 1.29 is 13.2 Å². The summed E-state index contributed by atoms with van der Waals surface area (Å²) in [5.74, 6) is -0.280. The summed E-state index contributed by atoms with van der Waals surface area (Å²) in [6.07, 6.45) is 2.80. The molecule has 162 valence electrons. The highest BCUT2D eigenvalue weighted by Crippen LogP contribution is 2.25. The van der Waals surface area contributed by atoms with E-state index in [9.17, 15) is 13.2 Å². The highest BCUT2D eigenvalue weighted by molar-refractivity contribution is 7.92. The number of sulfonamides is 1. The number of rotatable bonds is 9. The van der Waals surface area contributed by atoms with Crippen LogP contribution in [0.15, 0.2) is 84.9 Å². The molecule has 0 spiro atoms. The number of anilines is 1. The van der Waals surface area contributed by atoms with E-state index in [4.69, 9.17) is 0 Å². The van der Waals surface area contributed by atoms with E-state index < -0.39 is 10.0 Å². The molecule has 0 aliphatic heterocycles. The third kappa shape index (κ3) is 6.43. The minimum absolute atomic E-state index is 0.0541. The lowest BCUT2D eigenvalue weighted by Crippen LogP contribution is -2.36. The Morgan fingerprint density at radius 3 is 2.03 bits per heavy atom. The molecule has 3 aromatic rings. The van der Waals surface area contributed by atoms with Crippen LogP contribution in [-0.4, -0.2) is 26.6 Å². The van der Waals surface area contributed by atoms with Crippen LogP contribution < -0.4 is 9.62 Å². The van der Waals surface area contributed by atoms with Gasteiger partial charge in [0.15, 0.2) is 0 Å². The normalized spacial score (nSPS) is 12.2. The third-order valence-electron chi connectivity index (χ3n) is 5.07. The predicted molar refractivity (Wildman–Crippen MR) is 126 cm³/mol. The van der Waals surface area contributed by atoms with E-state index in [1.807, 2.05) is 55.5 Å². The van der Waals surface area contributed by atoms with Crippen LogP contribution in [0.1, 0.15) is 34.8 Å². The monoisotopic (exact) mass is 436 g/mol. The fourth-order valence-electron chi connectivity index (χ4n) is 3.42. The van der Waals surface area contributed by atoms with Crippen molar-refractivity contribution in [2.45, 2.75) is 32.4 Å². The second-order valence-corrected chi connectivity index (χ2v) is 9.58. The number of carbonyl (C=O) groups is 1. The number of hydrogen-bond donors (Lipinski definition) is 1. The van der Waals surface area contributed by atoms with E-state index in [2.05, 4.69) is 17.4 Å². The first kappa shape index (κ1) is 22.6. The van der Waals surface area contributed by atoms with Crippen molar-refractivity contribution in [1.29, 1.82) is 0 Å². The standard InChI is InChI=1S/C25H28N2O3S/c1-20(17-18-21-11-5-3-6-12-21)26-25(28)23-15-9-10-16-24(23)27(31(2,29)30)19-22-13-7-4-8-14-22/h3-16,20H,17-19H2,1-2H3,(H,26,28)/t20-/m0/s1. The highest BCUT2D eigenvalue weighted by atomic mass is 32.2. The van der Waals surface area contributed by atoms with Crippen molar-refractivity contribution in [1.82, 2.24) is 5.32 Å². The number of benzene rings is 3. The Balaban J connectivity index is 1.78. The Hall–Kier alpha value is -3.12. The number of nitrogens with zero attached hydrogens (tertiary/aromatic N) is 1. The molecule has 0 saturated carbocycles. The maximum absolute atomic E-state index is 13.0. The van der Waals surface area contributed by atoms with E-state index in [0.29, 0.717) is 11.3 Å². The molecule has 0 aliphatic rings. The number of amides is 1. The molecule has 1 atom stereocenters. The second kappa shape index (κ2) is 10.3. The van der Waals surface area contributed by atoms with Gasteiger partial charge in [0.25, 0.3) is 5.91 Å². The molecular weight excluding hydrogens is 408 g/mol. The van der Waals surface area contributed by atoms with Crippen molar-refractivity contribution in [2.24, 2.45) is 0 Å². The Kier molecular flexibility index (Phi) is 7.47. The average molecular weight is 437 g/mol. The largest absolute Gasteiger partial charge is 0.350 e. The van der Waals surface area contributed by atoms with Gasteiger partial charge in [0.05, 0.1) is 24.1 Å². The van der Waals surface area contributed by atoms with Gasteiger partial charge in [-0.1, -0.05) is 72.8 Å². The summed E-state index contributed by atoms with van der Waals surface area (Å²) < 4.78 is 26.5. The molecule has 0 fully saturated rings. The molecule has 6 heteroatoms. The summed E-state index contributed by atoms with van der Waals surface area (Å²) in [6.45, 7) is 2.12. The number of aryl methyl sites for hydroxylation is 1. The molecule has 0 saturated heterocycles. The summed E-state index contributed by atoms with van der Waals surface area (Å²) in [4.78, 5) is 13.0. The molecule has 3 rings (SSSR count). The molecule has 5 nitrogen and oxygen atoms in total. The average Bonchev–Trinajstić information content (AvgIpc) is 2.77. The zero-order valence-corrected chi connectivity index (χ0v) is 18.7. The van der Waals surface area contributed by atoms with Gasteiger partial charge in [0.1, 0.15) is 0 Å². The van der Waals surface area contributed by atoms with E-state index >= 15 is 0 Å². The van der Waals surface area contributed by atoms with Gasteiger partial charge in [-0.05, 0) is 43.0 Å². The Labute approximate surface area is 184 Å². The SMILES string of the molecule is C[C@@H](CCc1ccccc1)NC(=O)c1ccccc1N(Cc1ccccc1)S(C)(=O)=O. The molecule has 0 bridgehead atoms. The quantitative estimate of drug-likeness (QED) is 0.541. The maximum atomic E-state index is 13.0. The smallest absolute Gasteiger partial charge is 0.253 e. The molecule has 0 unspecified atom stereocenters. The molecular formula is C25H28N2O3S. The van der Waals surface area contributed by atoms with Crippen molar-refractivity contribution >= 4 is 21.6 Å². The minimum atomic E-state index is -3.59. The summed E-state index contributed by atoms with van der Waals surface area (Å²) in [5.41, 5.74) is 2.78. The van der Waals surface area contributed by atoms with Gasteiger partial charge in [0, 0.05) is 6.04 Å². The van der Waals surface area contributed by atoms with Gasteiger partial charge in [-0.3, -0.25) is 9.10 Å². The van der Waals surface area contributed by atoms with E-state index in [1.165, 1.54) is 9.87 Å². The maximum Gasteiger partial charge on any atom is 0.253 e. The molecule has 0 radical (unpaired) electrons. The van der Waals surface area contributed by atoms with Gasteiger partial charge in [-0.2, -0.15) is 0 Å². The van der Waals surface area contributed by atoms with Crippen molar-refractivity contribution in [3.05, 3.63) is 102 Å². The lowest BCUT2D eigenvalue weighted by Gasteiger charge is -2.25. The van der Waals surface area contributed by atoms with E-state index in [1.54, 1.807) is 24.3 Å². The molecule has 1 amide bonds. The molecule has 3 aromatic carbocycles. The number of para-hydroxylation sites is 1. The first-order valence-electron chi connectivity index (χ1n) is 10.3. The first-order valence-corrected chi connectivity index (χ1v) is 12.1. The fourth-order valence-corrected chi connectivity index (χ4v) is 4.32. The van der Waals surface area contributed by atoms with Gasteiger partial charge in [0.2, 0.25) is 10.0 Å². The third-order valence-corrected chi connectivity index (χ3v) is 6.20. The highest BCUT2D eigenvalue weighted by Gasteiger charge is 2.24. The van der Waals surface area contributed by atoms with Crippen LogP contribution in [0.2, 0.25) is 0 Å². The van der Waals surface area contributed by atoms with Gasteiger partial charge in [-0.15, -0.1) is 0 Å². The molecule has 0 aromatic heterocycles. The fraction of sp³-hybridized carbons (Fsp3) is 0.240. The second-order valence-electron chi connectivity index (χ2n) is 7.67. The Bertz CT molecular complexity index is 1100. The summed E-state index contributed by atoms with van der Waals surface area (Å²) >= 11 is 0. The topological polar surface area (TPSA) is 66.5 Å². The molecule has 0 aliphatic carbocycles. The van der Waals surface area contributed by atoms with Gasteiger partial charge < -0.3 is 5.32 Å². The van der Waals surface area contributed by atoms with Crippen molar-refractivity contribution in [3.8, 4) is 0 Å². The lowest BCUT2D eigenvalue weighted by atomic mass is 10.1. The minimum Gasteiger partial charge on any atom is -0.350 e. The summed E-state index contributed by atoms with van der Waals surface area (Å²) in [5, 5.41) is 3.02. The van der Waals surface area contributed by atoms with Crippen molar-refractivity contribution in [3.63, 3.8) is 0 Å². The van der Waals surface area contributed by atoms with Crippen LogP contribution in [0.25, 0.3) is 0 Å². The molecule has 1 N–H and O–H groups in total. The van der Waals surface area contributed by atoms with E-state index in [-0.39, 0.29) is 18.5 Å². The Morgan fingerprint density at radius 1 is 0.871 bits per heavy atom. The lowest BCUT2D eigenvalue weighted by molar-refractivity contribution is 0.0939. The van der Waals surface area contributed by atoms with E-state index in [0.717, 1.165) is 24.7 Å². The van der Waals surface area contributed by atoms with Crippen LogP contribution in [0.4, 0.5) is 5.69 Å². The number of nitrogens with one attached hydrogen (secondary N) is 1. The zero-order chi connectivity index (χ0) is 22.3. The number of carbonyl (C=O) groups excluding carboxylic acids is 1. The summed E-state index contributed by atoms with van der Waals surface area (Å²) in [7, 11) is -3.59. The zero-order valence-electron chi connectivity index (χ0n) is 17.9. The van der Waals surface area contributed by atoms with Crippen LogP contribution >= 0.6 is 0 Å². The van der Waals surface area contributed by atoms with Crippen LogP contribution in [0, 0.1) is 0 Å². The van der Waals surface area contributed by atoms with Gasteiger partial charge in [-0.25, -0.2) is 8.42 Å². The van der Waals surface area contributed by atoms with Gasteiger partial charge >= 0.3 is 0 Å². The van der Waals surface area contributed by atoms with Crippen LogP contribution in [0.5, 0.6) is 0 Å². The van der Waals surface area contributed by atoms with Crippen molar-refractivity contribution in [2.75, 3.05) is 10.6 Å². The first-order chi connectivity index (χ1) is 14.8. The molecule has 0 heterocycles. The van der Waals surface area contributed by atoms with Crippen LogP contribution in [0.3, 0.4) is 0 Å².